The minimum absolute atomic E-state index is 0.0181. The summed E-state index contributed by atoms with van der Waals surface area (Å²) in [5.41, 5.74) is 1.19. The van der Waals surface area contributed by atoms with E-state index in [-0.39, 0.29) is 5.56 Å². The van der Waals surface area contributed by atoms with Crippen LogP contribution < -0.4 is 5.56 Å². The fourth-order valence-corrected chi connectivity index (χ4v) is 1.99. The van der Waals surface area contributed by atoms with E-state index in [1.165, 1.54) is 5.56 Å². The average Bonchev–Trinajstić information content (AvgIpc) is 2.12. The molecular weight excluding hydrogens is 277 g/mol. The van der Waals surface area contributed by atoms with Crippen LogP contribution in [0, 0.1) is 10.5 Å². The lowest BCUT2D eigenvalue weighted by Crippen LogP contribution is -2.05. The molecule has 0 atom stereocenters. The molecular formula is C10H8INO. The van der Waals surface area contributed by atoms with E-state index in [9.17, 15) is 4.79 Å². The van der Waals surface area contributed by atoms with Gasteiger partial charge in [0.15, 0.2) is 0 Å². The van der Waals surface area contributed by atoms with Crippen LogP contribution in [-0.2, 0) is 0 Å². The lowest BCUT2D eigenvalue weighted by Gasteiger charge is -2.02. The summed E-state index contributed by atoms with van der Waals surface area (Å²) in [4.78, 5) is 14.0. The number of nitrogens with one attached hydrogen (secondary N) is 1. The van der Waals surface area contributed by atoms with Gasteiger partial charge in [-0.3, -0.25) is 4.79 Å². The predicted octanol–water partition coefficient (Wildman–Crippen LogP) is 2.44. The van der Waals surface area contributed by atoms with Gasteiger partial charge in [-0.2, -0.15) is 0 Å². The molecule has 0 spiro atoms. The Bertz CT molecular complexity index is 516. The number of pyridine rings is 1. The first-order chi connectivity index (χ1) is 6.20. The summed E-state index contributed by atoms with van der Waals surface area (Å²) in [5.74, 6) is 0. The van der Waals surface area contributed by atoms with Crippen molar-refractivity contribution >= 4 is 33.4 Å². The van der Waals surface area contributed by atoms with E-state index in [0.717, 1.165) is 14.3 Å². The maximum absolute atomic E-state index is 11.4. The van der Waals surface area contributed by atoms with Crippen molar-refractivity contribution in [3.63, 3.8) is 0 Å². The number of benzene rings is 1. The summed E-state index contributed by atoms with van der Waals surface area (Å²) in [6.07, 6.45) is 1.69. The van der Waals surface area contributed by atoms with E-state index >= 15 is 0 Å². The fourth-order valence-electron chi connectivity index (χ4n) is 1.34. The Morgan fingerprint density at radius 3 is 2.77 bits per heavy atom. The topological polar surface area (TPSA) is 32.9 Å². The van der Waals surface area contributed by atoms with E-state index in [1.807, 2.05) is 25.1 Å². The highest BCUT2D eigenvalue weighted by Crippen LogP contribution is 2.20. The van der Waals surface area contributed by atoms with Gasteiger partial charge >= 0.3 is 0 Å². The third-order valence-electron chi connectivity index (χ3n) is 2.08. The van der Waals surface area contributed by atoms with Crippen molar-refractivity contribution in [2.45, 2.75) is 6.92 Å². The molecule has 0 aliphatic heterocycles. The van der Waals surface area contributed by atoms with Crippen molar-refractivity contribution in [3.8, 4) is 0 Å². The Morgan fingerprint density at radius 1 is 1.23 bits per heavy atom. The molecule has 1 aromatic heterocycles. The maximum Gasteiger partial charge on any atom is 0.255 e. The van der Waals surface area contributed by atoms with Crippen LogP contribution in [0.25, 0.3) is 10.8 Å². The lowest BCUT2D eigenvalue weighted by molar-refractivity contribution is 1.27. The van der Waals surface area contributed by atoms with Crippen molar-refractivity contribution in [2.24, 2.45) is 0 Å². The molecule has 13 heavy (non-hydrogen) atoms. The molecule has 66 valence electrons. The summed E-state index contributed by atoms with van der Waals surface area (Å²) in [5, 5.41) is 1.79. The molecule has 1 aromatic carbocycles. The molecule has 1 N–H and O–H groups in total. The lowest BCUT2D eigenvalue weighted by atomic mass is 10.1. The van der Waals surface area contributed by atoms with Gasteiger partial charge < -0.3 is 4.98 Å². The summed E-state index contributed by atoms with van der Waals surface area (Å²) in [6, 6.07) is 5.77. The number of aromatic amines is 1. The average molecular weight is 285 g/mol. The van der Waals surface area contributed by atoms with E-state index in [1.54, 1.807) is 6.20 Å². The molecule has 0 bridgehead atoms. The van der Waals surface area contributed by atoms with Crippen LogP contribution in [0.4, 0.5) is 0 Å². The maximum atomic E-state index is 11.4. The number of aryl methyl sites for hydroxylation is 1. The molecule has 0 aliphatic carbocycles. The summed E-state index contributed by atoms with van der Waals surface area (Å²) >= 11 is 2.27. The van der Waals surface area contributed by atoms with Gasteiger partial charge in [-0.25, -0.2) is 0 Å². The first-order valence-corrected chi connectivity index (χ1v) is 5.04. The van der Waals surface area contributed by atoms with Crippen molar-refractivity contribution in [2.75, 3.05) is 0 Å². The number of H-pyrrole nitrogens is 1. The number of hydrogen-bond acceptors (Lipinski definition) is 1. The Kier molecular flexibility index (Phi) is 2.11. The van der Waals surface area contributed by atoms with Crippen molar-refractivity contribution in [1.82, 2.24) is 4.98 Å². The molecule has 0 fully saturated rings. The smallest absolute Gasteiger partial charge is 0.255 e. The predicted molar refractivity (Wildman–Crippen MR) is 62.0 cm³/mol. The zero-order chi connectivity index (χ0) is 9.42. The highest BCUT2D eigenvalue weighted by Gasteiger charge is 2.02. The van der Waals surface area contributed by atoms with Crippen LogP contribution in [-0.4, -0.2) is 4.98 Å². The molecule has 3 heteroatoms. The monoisotopic (exact) mass is 285 g/mol. The Balaban J connectivity index is 3.03. The molecule has 1 heterocycles. The highest BCUT2D eigenvalue weighted by atomic mass is 127. The number of halogens is 1. The van der Waals surface area contributed by atoms with E-state index < -0.39 is 0 Å². The van der Waals surface area contributed by atoms with Crippen molar-refractivity contribution < 1.29 is 0 Å². The van der Waals surface area contributed by atoms with E-state index in [4.69, 9.17) is 0 Å². The van der Waals surface area contributed by atoms with E-state index in [2.05, 4.69) is 27.6 Å². The molecule has 0 radical (unpaired) electrons. The van der Waals surface area contributed by atoms with Gasteiger partial charge in [0.2, 0.25) is 0 Å². The molecule has 0 aliphatic rings. The fraction of sp³-hybridized carbons (Fsp3) is 0.100. The van der Waals surface area contributed by atoms with Gasteiger partial charge in [-0.15, -0.1) is 0 Å². The number of aromatic nitrogens is 1. The number of rotatable bonds is 0. The van der Waals surface area contributed by atoms with Crippen LogP contribution in [0.5, 0.6) is 0 Å². The van der Waals surface area contributed by atoms with Crippen LogP contribution in [0.1, 0.15) is 5.56 Å². The zero-order valence-corrected chi connectivity index (χ0v) is 9.25. The Hall–Kier alpha value is -0.840. The van der Waals surface area contributed by atoms with Gasteiger partial charge in [-0.05, 0) is 47.2 Å². The molecule has 0 saturated heterocycles. The number of hydrogen-bond donors (Lipinski definition) is 1. The second-order valence-corrected chi connectivity index (χ2v) is 4.04. The number of fused-ring (bicyclic) bond motifs is 1. The Morgan fingerprint density at radius 2 is 2.00 bits per heavy atom. The summed E-state index contributed by atoms with van der Waals surface area (Å²) in [6.45, 7) is 2.04. The normalized spacial score (nSPS) is 10.6. The Labute approximate surface area is 89.1 Å². The van der Waals surface area contributed by atoms with Gasteiger partial charge in [-0.1, -0.05) is 6.07 Å². The van der Waals surface area contributed by atoms with Crippen molar-refractivity contribution in [3.05, 3.63) is 43.9 Å². The first kappa shape index (κ1) is 8.74. The zero-order valence-electron chi connectivity index (χ0n) is 7.10. The molecule has 2 rings (SSSR count). The second-order valence-electron chi connectivity index (χ2n) is 2.96. The largest absolute Gasteiger partial charge is 0.329 e. The van der Waals surface area contributed by atoms with Gasteiger partial charge in [0.1, 0.15) is 0 Å². The van der Waals surface area contributed by atoms with Crippen LogP contribution in [0.3, 0.4) is 0 Å². The minimum Gasteiger partial charge on any atom is -0.329 e. The quantitative estimate of drug-likeness (QED) is 0.741. The van der Waals surface area contributed by atoms with Gasteiger partial charge in [0.25, 0.3) is 5.56 Å². The van der Waals surface area contributed by atoms with Crippen LogP contribution in [0.15, 0.2) is 29.2 Å². The molecule has 0 amide bonds. The van der Waals surface area contributed by atoms with E-state index in [0.29, 0.717) is 0 Å². The third kappa shape index (κ3) is 1.37. The molecule has 0 unspecified atom stereocenters. The summed E-state index contributed by atoms with van der Waals surface area (Å²) < 4.78 is 1.15. The molecule has 0 saturated carbocycles. The third-order valence-corrected chi connectivity index (χ3v) is 3.51. The highest BCUT2D eigenvalue weighted by molar-refractivity contribution is 14.1. The minimum atomic E-state index is -0.0181. The second kappa shape index (κ2) is 3.14. The van der Waals surface area contributed by atoms with Crippen molar-refractivity contribution in [1.29, 1.82) is 0 Å². The standard InChI is InChI=1S/C10H8INO/c1-6-2-3-8-7(9(6)11)4-5-12-10(8)13/h2-5H,1H3,(H,12,13). The molecule has 2 nitrogen and oxygen atoms in total. The SMILES string of the molecule is Cc1ccc2c(=O)[nH]ccc2c1I. The van der Waals surface area contributed by atoms with Crippen LogP contribution >= 0.6 is 22.6 Å². The van der Waals surface area contributed by atoms with Gasteiger partial charge in [0.05, 0.1) is 0 Å². The van der Waals surface area contributed by atoms with Gasteiger partial charge in [0, 0.05) is 20.5 Å². The summed E-state index contributed by atoms with van der Waals surface area (Å²) in [7, 11) is 0. The van der Waals surface area contributed by atoms with Crippen LogP contribution in [0.2, 0.25) is 0 Å². The first-order valence-electron chi connectivity index (χ1n) is 3.96. The molecule has 2 aromatic rings.